The van der Waals surface area contributed by atoms with E-state index >= 15 is 0 Å². The molecule has 2 N–H and O–H groups in total. The summed E-state index contributed by atoms with van der Waals surface area (Å²) in [6.07, 6.45) is 1.89. The first-order chi connectivity index (χ1) is 10.1. The number of hydrogen-bond donors (Lipinski definition) is 1. The van der Waals surface area contributed by atoms with Gasteiger partial charge in [-0.25, -0.2) is 4.39 Å². The normalized spacial score (nSPS) is 25.1. The number of benzene rings is 1. The average molecular weight is 313 g/mol. The van der Waals surface area contributed by atoms with Crippen molar-refractivity contribution in [3.63, 3.8) is 0 Å². The molecule has 21 heavy (non-hydrogen) atoms. The van der Waals surface area contributed by atoms with Gasteiger partial charge in [0, 0.05) is 22.7 Å². The highest BCUT2D eigenvalue weighted by Crippen LogP contribution is 2.32. The molecule has 2 aliphatic rings. The summed E-state index contributed by atoms with van der Waals surface area (Å²) in [6.45, 7) is 0.932. The molecule has 2 atom stereocenters. The molecule has 2 fully saturated rings. The molecule has 1 aliphatic carbocycles. The molecular formula is C15H18ClFN2O2. The Kier molecular flexibility index (Phi) is 4.15. The maximum absolute atomic E-state index is 13.9. The van der Waals surface area contributed by atoms with Crippen LogP contribution >= 0.6 is 11.6 Å². The van der Waals surface area contributed by atoms with Gasteiger partial charge in [-0.2, -0.15) is 0 Å². The molecule has 0 bridgehead atoms. The van der Waals surface area contributed by atoms with E-state index in [4.69, 9.17) is 22.1 Å². The number of carbonyl (C=O) groups excluding carboxylic acids is 1. The SMILES string of the molecule is NC1COCC1C(=O)N(Cc1c(F)cccc1Cl)C1CC1. The Labute approximate surface area is 128 Å². The third kappa shape index (κ3) is 3.05. The zero-order valence-corrected chi connectivity index (χ0v) is 12.4. The molecule has 1 aliphatic heterocycles. The lowest BCUT2D eigenvalue weighted by atomic mass is 10.0. The minimum absolute atomic E-state index is 0.0539. The second-order valence-corrected chi connectivity index (χ2v) is 6.11. The van der Waals surface area contributed by atoms with E-state index in [1.54, 1.807) is 17.0 Å². The summed E-state index contributed by atoms with van der Waals surface area (Å²) in [5.74, 6) is -0.772. The Bertz CT molecular complexity index is 530. The Balaban J connectivity index is 1.80. The van der Waals surface area contributed by atoms with E-state index < -0.39 is 0 Å². The van der Waals surface area contributed by atoms with E-state index in [1.807, 2.05) is 0 Å². The molecule has 2 unspecified atom stereocenters. The quantitative estimate of drug-likeness (QED) is 0.924. The Morgan fingerprint density at radius 2 is 2.19 bits per heavy atom. The second-order valence-electron chi connectivity index (χ2n) is 5.71. The van der Waals surface area contributed by atoms with Crippen molar-refractivity contribution >= 4 is 17.5 Å². The number of hydrogen-bond acceptors (Lipinski definition) is 3. The third-order valence-electron chi connectivity index (χ3n) is 4.10. The minimum atomic E-state index is -0.382. The van der Waals surface area contributed by atoms with Gasteiger partial charge >= 0.3 is 0 Å². The summed E-state index contributed by atoms with van der Waals surface area (Å²) < 4.78 is 19.2. The van der Waals surface area contributed by atoms with E-state index in [0.29, 0.717) is 23.8 Å². The Morgan fingerprint density at radius 1 is 1.43 bits per heavy atom. The predicted molar refractivity (Wildman–Crippen MR) is 77.3 cm³/mol. The lowest BCUT2D eigenvalue weighted by Crippen LogP contribution is -2.44. The lowest BCUT2D eigenvalue weighted by Gasteiger charge is -2.27. The van der Waals surface area contributed by atoms with Gasteiger partial charge in [0.25, 0.3) is 0 Å². The molecule has 1 aromatic rings. The van der Waals surface area contributed by atoms with Crippen LogP contribution in [0.25, 0.3) is 0 Å². The molecule has 4 nitrogen and oxygen atoms in total. The molecule has 0 spiro atoms. The van der Waals surface area contributed by atoms with Crippen LogP contribution in [0.2, 0.25) is 5.02 Å². The summed E-state index contributed by atoms with van der Waals surface area (Å²) in [7, 11) is 0. The molecule has 1 heterocycles. The first-order valence-corrected chi connectivity index (χ1v) is 7.52. The van der Waals surface area contributed by atoms with E-state index in [-0.39, 0.29) is 36.3 Å². The van der Waals surface area contributed by atoms with Gasteiger partial charge in [0.05, 0.1) is 25.7 Å². The Morgan fingerprint density at radius 3 is 2.76 bits per heavy atom. The van der Waals surface area contributed by atoms with Crippen molar-refractivity contribution in [3.8, 4) is 0 Å². The van der Waals surface area contributed by atoms with Crippen molar-refractivity contribution in [2.45, 2.75) is 31.5 Å². The summed E-state index contributed by atoms with van der Waals surface area (Å²) in [5, 5.41) is 0.348. The van der Waals surface area contributed by atoms with Crippen LogP contribution in [0.15, 0.2) is 18.2 Å². The van der Waals surface area contributed by atoms with E-state index in [9.17, 15) is 9.18 Å². The predicted octanol–water partition coefficient (Wildman–Crippen LogP) is 1.94. The molecule has 3 rings (SSSR count). The van der Waals surface area contributed by atoms with Gasteiger partial charge in [-0.3, -0.25) is 4.79 Å². The number of carbonyl (C=O) groups is 1. The van der Waals surface area contributed by atoms with Gasteiger partial charge in [0.1, 0.15) is 5.82 Å². The van der Waals surface area contributed by atoms with Crippen molar-refractivity contribution in [3.05, 3.63) is 34.6 Å². The highest BCUT2D eigenvalue weighted by Gasteiger charge is 2.40. The number of halogens is 2. The van der Waals surface area contributed by atoms with Crippen molar-refractivity contribution < 1.29 is 13.9 Å². The van der Waals surface area contributed by atoms with Crippen LogP contribution in [0.4, 0.5) is 4.39 Å². The fourth-order valence-corrected chi connectivity index (χ4v) is 2.89. The van der Waals surface area contributed by atoms with Crippen molar-refractivity contribution in [2.75, 3.05) is 13.2 Å². The monoisotopic (exact) mass is 312 g/mol. The fraction of sp³-hybridized carbons (Fsp3) is 0.533. The topological polar surface area (TPSA) is 55.6 Å². The molecular weight excluding hydrogens is 295 g/mol. The van der Waals surface area contributed by atoms with E-state index in [0.717, 1.165) is 12.8 Å². The summed E-state index contributed by atoms with van der Waals surface area (Å²) in [4.78, 5) is 14.4. The first-order valence-electron chi connectivity index (χ1n) is 7.14. The number of nitrogens with zero attached hydrogens (tertiary/aromatic N) is 1. The third-order valence-corrected chi connectivity index (χ3v) is 4.46. The molecule has 1 saturated carbocycles. The average Bonchev–Trinajstić information content (AvgIpc) is 3.19. The standard InChI is InChI=1S/C15H18ClFN2O2/c16-12-2-1-3-13(17)10(12)6-19(9-4-5-9)15(20)11-7-21-8-14(11)18/h1-3,9,11,14H,4-8,18H2. The fourth-order valence-electron chi connectivity index (χ4n) is 2.67. The zero-order valence-electron chi connectivity index (χ0n) is 11.6. The highest BCUT2D eigenvalue weighted by molar-refractivity contribution is 6.31. The number of ether oxygens (including phenoxy) is 1. The minimum Gasteiger partial charge on any atom is -0.379 e. The van der Waals surface area contributed by atoms with Gasteiger partial charge in [0.15, 0.2) is 0 Å². The van der Waals surface area contributed by atoms with E-state index in [1.165, 1.54) is 6.07 Å². The van der Waals surface area contributed by atoms with Crippen LogP contribution in [0.3, 0.4) is 0 Å². The van der Waals surface area contributed by atoms with Gasteiger partial charge in [-0.1, -0.05) is 17.7 Å². The van der Waals surface area contributed by atoms with Crippen LogP contribution in [-0.4, -0.2) is 36.1 Å². The van der Waals surface area contributed by atoms with Crippen molar-refractivity contribution in [1.29, 1.82) is 0 Å². The van der Waals surface area contributed by atoms with Crippen LogP contribution in [0.1, 0.15) is 18.4 Å². The molecule has 6 heteroatoms. The van der Waals surface area contributed by atoms with Crippen LogP contribution in [0, 0.1) is 11.7 Å². The highest BCUT2D eigenvalue weighted by atomic mass is 35.5. The van der Waals surface area contributed by atoms with E-state index in [2.05, 4.69) is 0 Å². The van der Waals surface area contributed by atoms with Gasteiger partial charge in [0.2, 0.25) is 5.91 Å². The molecule has 0 aromatic heterocycles. The molecule has 0 radical (unpaired) electrons. The largest absolute Gasteiger partial charge is 0.379 e. The zero-order chi connectivity index (χ0) is 15.0. The van der Waals surface area contributed by atoms with Gasteiger partial charge in [-0.05, 0) is 25.0 Å². The summed E-state index contributed by atoms with van der Waals surface area (Å²) >= 11 is 6.06. The number of nitrogens with two attached hydrogens (primary N) is 1. The number of rotatable bonds is 4. The molecule has 1 amide bonds. The molecule has 1 saturated heterocycles. The second kappa shape index (κ2) is 5.91. The van der Waals surface area contributed by atoms with Gasteiger partial charge in [-0.15, -0.1) is 0 Å². The maximum atomic E-state index is 13.9. The molecule has 1 aromatic carbocycles. The van der Waals surface area contributed by atoms with Crippen LogP contribution in [0.5, 0.6) is 0 Å². The van der Waals surface area contributed by atoms with Crippen LogP contribution in [-0.2, 0) is 16.1 Å². The maximum Gasteiger partial charge on any atom is 0.230 e. The Hall–Kier alpha value is -1.17. The van der Waals surface area contributed by atoms with Crippen molar-refractivity contribution in [1.82, 2.24) is 4.90 Å². The molecule has 114 valence electrons. The smallest absolute Gasteiger partial charge is 0.230 e. The number of amides is 1. The summed E-state index contributed by atoms with van der Waals surface area (Å²) in [6, 6.07) is 4.45. The van der Waals surface area contributed by atoms with Crippen LogP contribution < -0.4 is 5.73 Å². The summed E-state index contributed by atoms with van der Waals surface area (Å²) in [5.41, 5.74) is 6.29. The first kappa shape index (κ1) is 14.8. The van der Waals surface area contributed by atoms with Gasteiger partial charge < -0.3 is 15.4 Å². The van der Waals surface area contributed by atoms with Crippen molar-refractivity contribution in [2.24, 2.45) is 11.7 Å². The lowest BCUT2D eigenvalue weighted by molar-refractivity contribution is -0.137.